The molecular weight excluding hydrogens is 258 g/mol. The second-order valence-corrected chi connectivity index (χ2v) is 4.42. The van der Waals surface area contributed by atoms with Gasteiger partial charge >= 0.3 is 5.97 Å². The first kappa shape index (κ1) is 14.3. The third kappa shape index (κ3) is 2.58. The highest BCUT2D eigenvalue weighted by molar-refractivity contribution is 6.09. The Morgan fingerprint density at radius 2 is 1.95 bits per heavy atom. The average molecular weight is 275 g/mol. The van der Waals surface area contributed by atoms with Crippen molar-refractivity contribution in [2.24, 2.45) is 0 Å². The van der Waals surface area contributed by atoms with Crippen molar-refractivity contribution in [3.8, 4) is 0 Å². The van der Waals surface area contributed by atoms with E-state index in [-0.39, 0.29) is 18.1 Å². The lowest BCUT2D eigenvalue weighted by molar-refractivity contribution is -0.169. The Morgan fingerprint density at radius 1 is 1.25 bits per heavy atom. The van der Waals surface area contributed by atoms with Gasteiger partial charge in [-0.3, -0.25) is 15.1 Å². The van der Waals surface area contributed by atoms with Crippen LogP contribution in [0.3, 0.4) is 0 Å². The summed E-state index contributed by atoms with van der Waals surface area (Å²) in [5.41, 5.74) is 2.11. The van der Waals surface area contributed by atoms with E-state index < -0.39 is 11.6 Å². The van der Waals surface area contributed by atoms with Crippen LogP contribution in [0.1, 0.15) is 30.6 Å². The summed E-state index contributed by atoms with van der Waals surface area (Å²) in [6, 6.07) is 8.81. The summed E-state index contributed by atoms with van der Waals surface area (Å²) >= 11 is 0. The monoisotopic (exact) mass is 275 g/mol. The fourth-order valence-electron chi connectivity index (χ4n) is 1.97. The third-order valence-corrected chi connectivity index (χ3v) is 3.15. The first-order chi connectivity index (χ1) is 9.63. The van der Waals surface area contributed by atoms with Crippen LogP contribution in [0.5, 0.6) is 0 Å². The summed E-state index contributed by atoms with van der Waals surface area (Å²) in [7, 11) is 0. The number of ketones is 1. The molecule has 1 unspecified atom stereocenters. The zero-order chi connectivity index (χ0) is 14.6. The minimum absolute atomic E-state index is 0.217. The number of Topliss-reactive ketones (excluding diaryl/α,β-unsaturated/α-hetero) is 1. The number of hydrogen-bond acceptors (Lipinski definition) is 5. The van der Waals surface area contributed by atoms with Crippen LogP contribution in [0.4, 0.5) is 0 Å². The van der Waals surface area contributed by atoms with Crippen molar-refractivity contribution >= 4 is 11.8 Å². The first-order valence-electron chi connectivity index (χ1n) is 6.57. The van der Waals surface area contributed by atoms with Crippen LogP contribution in [0.15, 0.2) is 42.1 Å². The summed E-state index contributed by atoms with van der Waals surface area (Å²) in [4.78, 5) is 29.5. The Morgan fingerprint density at radius 3 is 2.55 bits per heavy atom. The van der Waals surface area contributed by atoms with E-state index in [1.54, 1.807) is 38.1 Å². The smallest absolute Gasteiger partial charge is 0.345 e. The Bertz CT molecular complexity index is 538. The molecule has 2 rings (SSSR count). The molecule has 0 bridgehead atoms. The van der Waals surface area contributed by atoms with Crippen molar-refractivity contribution in [1.82, 2.24) is 5.48 Å². The molecule has 0 fully saturated rings. The summed E-state index contributed by atoms with van der Waals surface area (Å²) in [6.07, 6.45) is 1.88. The molecule has 0 amide bonds. The van der Waals surface area contributed by atoms with Gasteiger partial charge in [0.25, 0.3) is 0 Å². The standard InChI is InChI=1S/C15H17NO4/c1-3-15(14(18)19-4-2)10-12(16-20-15)13(17)11-8-6-5-7-9-11/h5-10,16H,3-4H2,1-2H3. The molecule has 5 nitrogen and oxygen atoms in total. The lowest BCUT2D eigenvalue weighted by atomic mass is 9.98. The summed E-state index contributed by atoms with van der Waals surface area (Å²) in [6.45, 7) is 3.79. The van der Waals surface area contributed by atoms with Gasteiger partial charge < -0.3 is 4.74 Å². The minimum atomic E-state index is -1.23. The fraction of sp³-hybridized carbons (Fsp3) is 0.333. The third-order valence-electron chi connectivity index (χ3n) is 3.15. The van der Waals surface area contributed by atoms with E-state index in [2.05, 4.69) is 5.48 Å². The quantitative estimate of drug-likeness (QED) is 0.657. The van der Waals surface area contributed by atoms with Gasteiger partial charge in [-0.15, -0.1) is 0 Å². The van der Waals surface area contributed by atoms with E-state index in [9.17, 15) is 9.59 Å². The second kappa shape index (κ2) is 5.88. The van der Waals surface area contributed by atoms with Gasteiger partial charge in [0.2, 0.25) is 11.4 Å². The number of nitrogens with one attached hydrogen (secondary N) is 1. The van der Waals surface area contributed by atoms with Crippen LogP contribution in [0.2, 0.25) is 0 Å². The number of hydrogen-bond donors (Lipinski definition) is 1. The lowest BCUT2D eigenvalue weighted by Crippen LogP contribution is -2.39. The molecule has 0 aliphatic carbocycles. The number of carbonyl (C=O) groups excluding carboxylic acids is 2. The zero-order valence-electron chi connectivity index (χ0n) is 11.5. The predicted molar refractivity (Wildman–Crippen MR) is 72.7 cm³/mol. The summed E-state index contributed by atoms with van der Waals surface area (Å²) in [5.74, 6) is -0.712. The van der Waals surface area contributed by atoms with Crippen LogP contribution >= 0.6 is 0 Å². The zero-order valence-corrected chi connectivity index (χ0v) is 11.5. The molecule has 106 valence electrons. The number of ether oxygens (including phenoxy) is 1. The molecule has 0 aromatic heterocycles. The van der Waals surface area contributed by atoms with Gasteiger partial charge in [-0.05, 0) is 19.4 Å². The van der Waals surface area contributed by atoms with Gasteiger partial charge in [0.15, 0.2) is 0 Å². The van der Waals surface area contributed by atoms with Crippen molar-refractivity contribution in [2.75, 3.05) is 6.61 Å². The highest BCUT2D eigenvalue weighted by Crippen LogP contribution is 2.27. The molecule has 5 heteroatoms. The highest BCUT2D eigenvalue weighted by Gasteiger charge is 2.44. The van der Waals surface area contributed by atoms with Crippen molar-refractivity contribution in [3.05, 3.63) is 47.7 Å². The minimum Gasteiger partial charge on any atom is -0.464 e. The molecule has 0 saturated heterocycles. The van der Waals surface area contributed by atoms with Crippen LogP contribution in [-0.2, 0) is 14.4 Å². The van der Waals surface area contributed by atoms with Crippen molar-refractivity contribution in [3.63, 3.8) is 0 Å². The van der Waals surface area contributed by atoms with Crippen molar-refractivity contribution in [2.45, 2.75) is 25.9 Å². The van der Waals surface area contributed by atoms with E-state index in [1.807, 2.05) is 6.07 Å². The molecule has 1 atom stereocenters. The molecule has 1 aromatic rings. The molecule has 1 heterocycles. The Hall–Kier alpha value is -2.14. The molecule has 20 heavy (non-hydrogen) atoms. The van der Waals surface area contributed by atoms with Gasteiger partial charge in [-0.2, -0.15) is 0 Å². The van der Waals surface area contributed by atoms with Crippen LogP contribution in [0, 0.1) is 0 Å². The van der Waals surface area contributed by atoms with E-state index in [1.165, 1.54) is 6.08 Å². The van der Waals surface area contributed by atoms with Gasteiger partial charge in [-0.25, -0.2) is 4.79 Å². The van der Waals surface area contributed by atoms with E-state index >= 15 is 0 Å². The van der Waals surface area contributed by atoms with Crippen LogP contribution in [0.25, 0.3) is 0 Å². The molecule has 0 spiro atoms. The van der Waals surface area contributed by atoms with Gasteiger partial charge in [0.05, 0.1) is 6.61 Å². The molecule has 1 aliphatic rings. The Kier molecular flexibility index (Phi) is 4.20. The molecular formula is C15H17NO4. The maximum absolute atomic E-state index is 12.3. The molecule has 1 aliphatic heterocycles. The van der Waals surface area contributed by atoms with Crippen molar-refractivity contribution in [1.29, 1.82) is 0 Å². The molecule has 0 saturated carbocycles. The first-order valence-corrected chi connectivity index (χ1v) is 6.57. The largest absolute Gasteiger partial charge is 0.464 e. The molecule has 0 radical (unpaired) electrons. The number of hydroxylamine groups is 1. The topological polar surface area (TPSA) is 64.6 Å². The van der Waals surface area contributed by atoms with Crippen molar-refractivity contribution < 1.29 is 19.2 Å². The summed E-state index contributed by atoms with van der Waals surface area (Å²) in [5, 5.41) is 0. The van der Waals surface area contributed by atoms with E-state index in [0.29, 0.717) is 12.0 Å². The average Bonchev–Trinajstić information content (AvgIpc) is 2.93. The molecule has 1 aromatic carbocycles. The Balaban J connectivity index is 2.25. The summed E-state index contributed by atoms with van der Waals surface area (Å²) < 4.78 is 4.99. The maximum Gasteiger partial charge on any atom is 0.345 e. The van der Waals surface area contributed by atoms with Gasteiger partial charge in [-0.1, -0.05) is 37.3 Å². The van der Waals surface area contributed by atoms with Gasteiger partial charge in [0.1, 0.15) is 5.70 Å². The fourth-order valence-corrected chi connectivity index (χ4v) is 1.97. The maximum atomic E-state index is 12.3. The van der Waals surface area contributed by atoms with Gasteiger partial charge in [0, 0.05) is 5.56 Å². The lowest BCUT2D eigenvalue weighted by Gasteiger charge is -2.20. The van der Waals surface area contributed by atoms with E-state index in [4.69, 9.17) is 9.57 Å². The SMILES string of the molecule is CCOC(=O)C1(CC)C=C(C(=O)c2ccccc2)NO1. The number of rotatable bonds is 5. The van der Waals surface area contributed by atoms with Crippen LogP contribution in [-0.4, -0.2) is 24.0 Å². The number of esters is 1. The normalized spacial score (nSPS) is 21.0. The second-order valence-electron chi connectivity index (χ2n) is 4.42. The van der Waals surface area contributed by atoms with Crippen LogP contribution < -0.4 is 5.48 Å². The number of benzene rings is 1. The Labute approximate surface area is 117 Å². The number of carbonyl (C=O) groups is 2. The predicted octanol–water partition coefficient (Wildman–Crippen LogP) is 2.00. The number of allylic oxidation sites excluding steroid dienone is 1. The van der Waals surface area contributed by atoms with E-state index in [0.717, 1.165) is 0 Å². The molecule has 1 N–H and O–H groups in total. The highest BCUT2D eigenvalue weighted by atomic mass is 16.7.